The Balaban J connectivity index is 2.37. The smallest absolute Gasteiger partial charge is 0.0193 e. The van der Waals surface area contributed by atoms with E-state index in [1.165, 1.54) is 25.7 Å². The fourth-order valence-corrected chi connectivity index (χ4v) is 2.87. The summed E-state index contributed by atoms with van der Waals surface area (Å²) in [6.07, 6.45) is 6.05. The summed E-state index contributed by atoms with van der Waals surface area (Å²) in [5, 5.41) is 7.37. The quantitative estimate of drug-likeness (QED) is 0.563. The molecule has 0 aromatic rings. The van der Waals surface area contributed by atoms with Gasteiger partial charge in [-0.15, -0.1) is 0 Å². The largest absolute Gasteiger partial charge is 0.327 e. The molecule has 114 valence electrons. The number of nitrogens with two attached hydrogens (primary N) is 2. The van der Waals surface area contributed by atoms with Gasteiger partial charge in [0.2, 0.25) is 0 Å². The lowest BCUT2D eigenvalue weighted by molar-refractivity contribution is 0.257. The van der Waals surface area contributed by atoms with Gasteiger partial charge in [0.05, 0.1) is 0 Å². The molecule has 0 saturated heterocycles. The van der Waals surface area contributed by atoms with Crippen LogP contribution in [0, 0.1) is 0 Å². The van der Waals surface area contributed by atoms with Gasteiger partial charge >= 0.3 is 0 Å². The highest BCUT2D eigenvalue weighted by molar-refractivity contribution is 4.87. The fourth-order valence-electron chi connectivity index (χ4n) is 2.87. The van der Waals surface area contributed by atoms with Gasteiger partial charge in [0.15, 0.2) is 0 Å². The molecule has 0 spiro atoms. The highest BCUT2D eigenvalue weighted by Crippen LogP contribution is 2.20. The molecule has 0 heterocycles. The maximum absolute atomic E-state index is 6.09. The number of nitrogens with one attached hydrogen (secondary N) is 2. The Morgan fingerprint density at radius 2 is 1.53 bits per heavy atom. The fraction of sp³-hybridized carbons (Fsp3) is 1.00. The molecular weight excluding hydrogens is 236 g/mol. The molecule has 0 amide bonds. The Labute approximate surface area is 119 Å². The minimum atomic E-state index is 0.209. The number of hydrogen-bond acceptors (Lipinski definition) is 4. The van der Waals surface area contributed by atoms with E-state index >= 15 is 0 Å². The molecule has 1 aliphatic carbocycles. The van der Waals surface area contributed by atoms with E-state index in [1.807, 2.05) is 0 Å². The highest BCUT2D eigenvalue weighted by atomic mass is 15.0. The van der Waals surface area contributed by atoms with E-state index in [0.717, 1.165) is 6.42 Å². The first-order chi connectivity index (χ1) is 8.93. The van der Waals surface area contributed by atoms with E-state index in [-0.39, 0.29) is 12.1 Å². The molecule has 0 bridgehead atoms. The molecule has 0 aromatic heterocycles. The molecule has 1 saturated carbocycles. The first-order valence-corrected chi connectivity index (χ1v) is 7.97. The van der Waals surface area contributed by atoms with Crippen molar-refractivity contribution in [3.8, 4) is 0 Å². The van der Waals surface area contributed by atoms with E-state index in [1.54, 1.807) is 0 Å². The molecule has 1 rings (SSSR count). The second-order valence-corrected chi connectivity index (χ2v) is 6.40. The average Bonchev–Trinajstić information content (AvgIpc) is 2.37. The van der Waals surface area contributed by atoms with Crippen LogP contribution in [0.5, 0.6) is 0 Å². The second kappa shape index (κ2) is 8.20. The van der Waals surface area contributed by atoms with Crippen LogP contribution in [-0.4, -0.2) is 36.3 Å². The standard InChI is InChI=1S/C15H34N4/c1-5-15(17)12(4)19-14-8-6-7-13(9-14)18-11(3)10(2)16/h10-15,18-19H,5-9,16-17H2,1-4H3. The minimum Gasteiger partial charge on any atom is -0.327 e. The van der Waals surface area contributed by atoms with Gasteiger partial charge in [-0.3, -0.25) is 0 Å². The van der Waals surface area contributed by atoms with Crippen molar-refractivity contribution < 1.29 is 0 Å². The summed E-state index contributed by atoms with van der Waals surface area (Å²) in [6.45, 7) is 8.60. The van der Waals surface area contributed by atoms with Gasteiger partial charge in [0, 0.05) is 36.3 Å². The molecule has 1 fully saturated rings. The Morgan fingerprint density at radius 3 is 2.00 bits per heavy atom. The third-order valence-electron chi connectivity index (χ3n) is 4.57. The van der Waals surface area contributed by atoms with Gasteiger partial charge in [-0.2, -0.15) is 0 Å². The van der Waals surface area contributed by atoms with E-state index < -0.39 is 0 Å². The highest BCUT2D eigenvalue weighted by Gasteiger charge is 2.25. The van der Waals surface area contributed by atoms with Crippen molar-refractivity contribution in [3.05, 3.63) is 0 Å². The molecule has 6 unspecified atom stereocenters. The van der Waals surface area contributed by atoms with Crippen LogP contribution in [0.4, 0.5) is 0 Å². The zero-order valence-electron chi connectivity index (χ0n) is 13.2. The van der Waals surface area contributed by atoms with Crippen molar-refractivity contribution in [2.24, 2.45) is 11.5 Å². The summed E-state index contributed by atoms with van der Waals surface area (Å²) in [6, 6.07) is 2.45. The third-order valence-corrected chi connectivity index (χ3v) is 4.57. The Hall–Kier alpha value is -0.160. The molecule has 6 atom stereocenters. The normalized spacial score (nSPS) is 30.6. The van der Waals surface area contributed by atoms with Crippen molar-refractivity contribution in [1.82, 2.24) is 10.6 Å². The van der Waals surface area contributed by atoms with E-state index in [9.17, 15) is 0 Å². The second-order valence-electron chi connectivity index (χ2n) is 6.40. The minimum absolute atomic E-state index is 0.209. The molecule has 4 nitrogen and oxygen atoms in total. The van der Waals surface area contributed by atoms with Gasteiger partial charge in [-0.05, 0) is 46.5 Å². The summed E-state index contributed by atoms with van der Waals surface area (Å²) in [4.78, 5) is 0. The lowest BCUT2D eigenvalue weighted by atomic mass is 9.89. The van der Waals surface area contributed by atoms with Crippen LogP contribution in [0.15, 0.2) is 0 Å². The van der Waals surface area contributed by atoms with Crippen molar-refractivity contribution in [2.45, 2.75) is 96.1 Å². The molecule has 19 heavy (non-hydrogen) atoms. The molecule has 0 radical (unpaired) electrons. The lowest BCUT2D eigenvalue weighted by Crippen LogP contribution is -2.53. The topological polar surface area (TPSA) is 76.1 Å². The van der Waals surface area contributed by atoms with E-state index in [0.29, 0.717) is 24.2 Å². The van der Waals surface area contributed by atoms with Crippen LogP contribution in [0.25, 0.3) is 0 Å². The zero-order valence-corrected chi connectivity index (χ0v) is 13.2. The van der Waals surface area contributed by atoms with Gasteiger partial charge in [0.1, 0.15) is 0 Å². The molecule has 0 aliphatic heterocycles. The molecule has 0 aromatic carbocycles. The first kappa shape index (κ1) is 16.9. The molecular formula is C15H34N4. The monoisotopic (exact) mass is 270 g/mol. The van der Waals surface area contributed by atoms with Crippen LogP contribution in [0.3, 0.4) is 0 Å². The summed E-state index contributed by atoms with van der Waals surface area (Å²) in [7, 11) is 0. The van der Waals surface area contributed by atoms with Crippen molar-refractivity contribution in [1.29, 1.82) is 0 Å². The first-order valence-electron chi connectivity index (χ1n) is 7.97. The maximum atomic E-state index is 6.09. The maximum Gasteiger partial charge on any atom is 0.0193 e. The van der Waals surface area contributed by atoms with Crippen LogP contribution < -0.4 is 22.1 Å². The lowest BCUT2D eigenvalue weighted by Gasteiger charge is -2.35. The van der Waals surface area contributed by atoms with Crippen LogP contribution >= 0.6 is 0 Å². The van der Waals surface area contributed by atoms with Gasteiger partial charge in [0.25, 0.3) is 0 Å². The van der Waals surface area contributed by atoms with Crippen LogP contribution in [0.1, 0.15) is 59.8 Å². The SMILES string of the molecule is CCC(N)C(C)NC1CCCC(NC(C)C(C)N)C1. The number of hydrogen-bond donors (Lipinski definition) is 4. The Kier molecular flexibility index (Phi) is 7.29. The third kappa shape index (κ3) is 5.78. The summed E-state index contributed by atoms with van der Waals surface area (Å²) in [5.41, 5.74) is 12.0. The Morgan fingerprint density at radius 1 is 1.00 bits per heavy atom. The van der Waals surface area contributed by atoms with E-state index in [2.05, 4.69) is 38.3 Å². The van der Waals surface area contributed by atoms with E-state index in [4.69, 9.17) is 11.5 Å². The van der Waals surface area contributed by atoms with Gasteiger partial charge in [-0.1, -0.05) is 13.3 Å². The van der Waals surface area contributed by atoms with Crippen molar-refractivity contribution in [2.75, 3.05) is 0 Å². The molecule has 6 N–H and O–H groups in total. The molecule has 1 aliphatic rings. The molecule has 4 heteroatoms. The van der Waals surface area contributed by atoms with Crippen LogP contribution in [-0.2, 0) is 0 Å². The van der Waals surface area contributed by atoms with Gasteiger partial charge in [-0.25, -0.2) is 0 Å². The Bertz CT molecular complexity index is 244. The predicted molar refractivity (Wildman–Crippen MR) is 83.2 cm³/mol. The average molecular weight is 270 g/mol. The van der Waals surface area contributed by atoms with Crippen LogP contribution in [0.2, 0.25) is 0 Å². The number of rotatable bonds is 7. The summed E-state index contributed by atoms with van der Waals surface area (Å²) in [5.74, 6) is 0. The van der Waals surface area contributed by atoms with Crippen molar-refractivity contribution >= 4 is 0 Å². The predicted octanol–water partition coefficient (Wildman–Crippen LogP) is 1.34. The summed E-state index contributed by atoms with van der Waals surface area (Å²) < 4.78 is 0. The van der Waals surface area contributed by atoms with Crippen molar-refractivity contribution in [3.63, 3.8) is 0 Å². The summed E-state index contributed by atoms with van der Waals surface area (Å²) >= 11 is 0. The zero-order chi connectivity index (χ0) is 14.4. The van der Waals surface area contributed by atoms with Gasteiger partial charge < -0.3 is 22.1 Å².